The molecule has 118 valence electrons. The van der Waals surface area contributed by atoms with E-state index in [9.17, 15) is 9.59 Å². The zero-order valence-electron chi connectivity index (χ0n) is 13.3. The lowest BCUT2D eigenvalue weighted by Crippen LogP contribution is -2.39. The molecule has 0 fully saturated rings. The van der Waals surface area contributed by atoms with Gasteiger partial charge in [-0.1, -0.05) is 29.8 Å². The quantitative estimate of drug-likeness (QED) is 0.818. The summed E-state index contributed by atoms with van der Waals surface area (Å²) in [5.41, 5.74) is 3.39. The SMILES string of the molecule is CC(=O)c1ccc2c(c1)N(C(=O)Cc1cccc(C)c1)CCO2. The molecular weight excluding hydrogens is 290 g/mol. The zero-order chi connectivity index (χ0) is 16.4. The Hall–Kier alpha value is -2.62. The van der Waals surface area contributed by atoms with Crippen molar-refractivity contribution < 1.29 is 14.3 Å². The molecule has 4 nitrogen and oxygen atoms in total. The van der Waals surface area contributed by atoms with Crippen molar-refractivity contribution in [1.29, 1.82) is 0 Å². The summed E-state index contributed by atoms with van der Waals surface area (Å²) in [5, 5.41) is 0. The predicted molar refractivity (Wildman–Crippen MR) is 89.2 cm³/mol. The number of hydrogen-bond donors (Lipinski definition) is 0. The number of anilines is 1. The van der Waals surface area contributed by atoms with Crippen molar-refractivity contribution in [3.63, 3.8) is 0 Å². The van der Waals surface area contributed by atoms with E-state index in [2.05, 4.69) is 0 Å². The molecule has 3 rings (SSSR count). The highest BCUT2D eigenvalue weighted by Crippen LogP contribution is 2.33. The number of aryl methyl sites for hydroxylation is 1. The van der Waals surface area contributed by atoms with E-state index < -0.39 is 0 Å². The molecule has 2 aromatic rings. The summed E-state index contributed by atoms with van der Waals surface area (Å²) >= 11 is 0. The minimum atomic E-state index is -0.0237. The summed E-state index contributed by atoms with van der Waals surface area (Å²) < 4.78 is 5.60. The molecule has 0 saturated heterocycles. The first-order chi connectivity index (χ1) is 11.0. The van der Waals surface area contributed by atoms with Gasteiger partial charge in [-0.15, -0.1) is 0 Å². The lowest BCUT2D eigenvalue weighted by atomic mass is 10.1. The average molecular weight is 309 g/mol. The Labute approximate surface area is 135 Å². The van der Waals surface area contributed by atoms with E-state index in [4.69, 9.17) is 4.74 Å². The molecule has 0 N–H and O–H groups in total. The van der Waals surface area contributed by atoms with Gasteiger partial charge in [-0.2, -0.15) is 0 Å². The van der Waals surface area contributed by atoms with E-state index in [1.807, 2.05) is 31.2 Å². The lowest BCUT2D eigenvalue weighted by molar-refractivity contribution is -0.118. The van der Waals surface area contributed by atoms with Crippen LogP contribution in [0.4, 0.5) is 5.69 Å². The van der Waals surface area contributed by atoms with E-state index in [1.54, 1.807) is 23.1 Å². The van der Waals surface area contributed by atoms with Crippen LogP contribution in [0.5, 0.6) is 5.75 Å². The molecule has 2 aromatic carbocycles. The van der Waals surface area contributed by atoms with Gasteiger partial charge in [-0.3, -0.25) is 9.59 Å². The van der Waals surface area contributed by atoms with Gasteiger partial charge in [-0.05, 0) is 37.6 Å². The molecule has 1 aliphatic rings. The lowest BCUT2D eigenvalue weighted by Gasteiger charge is -2.30. The second-order valence-electron chi connectivity index (χ2n) is 5.80. The molecule has 0 aliphatic carbocycles. The molecule has 0 unspecified atom stereocenters. The highest BCUT2D eigenvalue weighted by Gasteiger charge is 2.24. The molecule has 23 heavy (non-hydrogen) atoms. The third-order valence-electron chi connectivity index (χ3n) is 3.97. The molecule has 0 bridgehead atoms. The van der Waals surface area contributed by atoms with Gasteiger partial charge < -0.3 is 9.64 Å². The molecule has 0 radical (unpaired) electrons. The van der Waals surface area contributed by atoms with Crippen LogP contribution in [0, 0.1) is 6.92 Å². The third-order valence-corrected chi connectivity index (χ3v) is 3.97. The predicted octanol–water partition coefficient (Wildman–Crippen LogP) is 3.17. The van der Waals surface area contributed by atoms with Gasteiger partial charge in [0, 0.05) is 5.56 Å². The zero-order valence-corrected chi connectivity index (χ0v) is 13.3. The number of ketones is 1. The van der Waals surface area contributed by atoms with Crippen LogP contribution in [-0.2, 0) is 11.2 Å². The van der Waals surface area contributed by atoms with Crippen LogP contribution in [0.2, 0.25) is 0 Å². The first-order valence-electron chi connectivity index (χ1n) is 7.68. The van der Waals surface area contributed by atoms with E-state index in [0.29, 0.717) is 36.6 Å². The highest BCUT2D eigenvalue weighted by atomic mass is 16.5. The van der Waals surface area contributed by atoms with Gasteiger partial charge in [0.2, 0.25) is 5.91 Å². The number of rotatable bonds is 3. The van der Waals surface area contributed by atoms with E-state index >= 15 is 0 Å². The van der Waals surface area contributed by atoms with Crippen LogP contribution in [0.1, 0.15) is 28.4 Å². The van der Waals surface area contributed by atoms with Crippen LogP contribution in [0.3, 0.4) is 0 Å². The van der Waals surface area contributed by atoms with Crippen molar-refractivity contribution in [3.8, 4) is 5.75 Å². The summed E-state index contributed by atoms with van der Waals surface area (Å²) in [6.45, 7) is 4.49. The number of ether oxygens (including phenoxy) is 1. The summed E-state index contributed by atoms with van der Waals surface area (Å²) in [5.74, 6) is 0.643. The van der Waals surface area contributed by atoms with Gasteiger partial charge in [-0.25, -0.2) is 0 Å². The fraction of sp³-hybridized carbons (Fsp3) is 0.263. The number of nitrogens with zero attached hydrogens (tertiary/aromatic N) is 1. The maximum atomic E-state index is 12.7. The Morgan fingerprint density at radius 1 is 1.17 bits per heavy atom. The van der Waals surface area contributed by atoms with E-state index in [0.717, 1.165) is 11.1 Å². The first-order valence-corrected chi connectivity index (χ1v) is 7.68. The molecule has 1 aliphatic heterocycles. The largest absolute Gasteiger partial charge is 0.490 e. The highest BCUT2D eigenvalue weighted by molar-refractivity contribution is 6.00. The average Bonchev–Trinajstić information content (AvgIpc) is 2.53. The summed E-state index contributed by atoms with van der Waals surface area (Å²) in [4.78, 5) is 26.0. The molecule has 0 spiro atoms. The fourth-order valence-corrected chi connectivity index (χ4v) is 2.79. The molecular formula is C19H19NO3. The minimum Gasteiger partial charge on any atom is -0.490 e. The summed E-state index contributed by atoms with van der Waals surface area (Å²) in [6, 6.07) is 13.2. The van der Waals surface area contributed by atoms with Gasteiger partial charge in [0.25, 0.3) is 0 Å². The molecule has 1 heterocycles. The molecule has 0 saturated carbocycles. The Kier molecular flexibility index (Phi) is 4.15. The Morgan fingerprint density at radius 3 is 2.74 bits per heavy atom. The molecule has 0 atom stereocenters. The second kappa shape index (κ2) is 6.24. The van der Waals surface area contributed by atoms with Crippen LogP contribution in [0.15, 0.2) is 42.5 Å². The van der Waals surface area contributed by atoms with Crippen LogP contribution < -0.4 is 9.64 Å². The number of amides is 1. The van der Waals surface area contributed by atoms with Crippen molar-refractivity contribution in [3.05, 3.63) is 59.2 Å². The van der Waals surface area contributed by atoms with Gasteiger partial charge in [0.15, 0.2) is 5.78 Å². The standard InChI is InChI=1S/C19H19NO3/c1-13-4-3-5-15(10-13)11-19(22)20-8-9-23-18-7-6-16(14(2)21)12-17(18)20/h3-7,10,12H,8-9,11H2,1-2H3. The maximum Gasteiger partial charge on any atom is 0.231 e. The number of carbonyl (C=O) groups excluding carboxylic acids is 2. The minimum absolute atomic E-state index is 0.0147. The van der Waals surface area contributed by atoms with Crippen LogP contribution >= 0.6 is 0 Å². The monoisotopic (exact) mass is 309 g/mol. The fourth-order valence-electron chi connectivity index (χ4n) is 2.79. The topological polar surface area (TPSA) is 46.6 Å². The Balaban J connectivity index is 1.88. The normalized spacial score (nSPS) is 13.2. The molecule has 1 amide bonds. The third kappa shape index (κ3) is 3.26. The summed E-state index contributed by atoms with van der Waals surface area (Å²) in [7, 11) is 0. The van der Waals surface area contributed by atoms with Crippen molar-refractivity contribution in [2.24, 2.45) is 0 Å². The number of carbonyl (C=O) groups is 2. The maximum absolute atomic E-state index is 12.7. The van der Waals surface area contributed by atoms with Crippen molar-refractivity contribution in [1.82, 2.24) is 0 Å². The Bertz CT molecular complexity index is 767. The number of benzene rings is 2. The van der Waals surface area contributed by atoms with Crippen molar-refractivity contribution >= 4 is 17.4 Å². The number of Topliss-reactive ketones (excluding diaryl/α,β-unsaturated/α-hetero) is 1. The molecule has 0 aromatic heterocycles. The van der Waals surface area contributed by atoms with Gasteiger partial charge in [0.1, 0.15) is 12.4 Å². The van der Waals surface area contributed by atoms with Gasteiger partial charge in [0.05, 0.1) is 18.7 Å². The van der Waals surface area contributed by atoms with Crippen LogP contribution in [0.25, 0.3) is 0 Å². The number of hydrogen-bond acceptors (Lipinski definition) is 3. The smallest absolute Gasteiger partial charge is 0.231 e. The second-order valence-corrected chi connectivity index (χ2v) is 5.80. The van der Waals surface area contributed by atoms with Crippen molar-refractivity contribution in [2.45, 2.75) is 20.3 Å². The van der Waals surface area contributed by atoms with Gasteiger partial charge >= 0.3 is 0 Å². The Morgan fingerprint density at radius 2 is 2.00 bits per heavy atom. The first kappa shape index (κ1) is 15.3. The van der Waals surface area contributed by atoms with Crippen molar-refractivity contribution in [2.75, 3.05) is 18.1 Å². The number of fused-ring (bicyclic) bond motifs is 1. The summed E-state index contributed by atoms with van der Waals surface area (Å²) in [6.07, 6.45) is 0.339. The van der Waals surface area contributed by atoms with E-state index in [-0.39, 0.29) is 11.7 Å². The van der Waals surface area contributed by atoms with Crippen LogP contribution in [-0.4, -0.2) is 24.8 Å². The molecule has 4 heteroatoms. The van der Waals surface area contributed by atoms with E-state index in [1.165, 1.54) is 6.92 Å².